The topological polar surface area (TPSA) is 27.0 Å². The first-order valence-electron chi connectivity index (χ1n) is 3.30. The fraction of sp³-hybridized carbons (Fsp3) is 0.857. The minimum absolute atomic E-state index is 1.32. The molecule has 1 saturated heterocycles. The molecule has 1 rings (SSSR count). The van der Waals surface area contributed by atoms with Gasteiger partial charge in [-0.05, 0) is 33.0 Å². The summed E-state index contributed by atoms with van der Waals surface area (Å²) in [5.74, 6) is 0. The van der Waals surface area contributed by atoms with Crippen LogP contribution >= 0.6 is 0 Å². The molecular weight excluding hydrogens is 112 g/mol. The van der Waals surface area contributed by atoms with E-state index in [4.69, 9.17) is 5.26 Å². The van der Waals surface area contributed by atoms with Crippen molar-refractivity contribution in [1.82, 2.24) is 4.90 Å². The predicted molar refractivity (Wildman–Crippen MR) is 38.0 cm³/mol. The van der Waals surface area contributed by atoms with Gasteiger partial charge in [0.05, 0.1) is 6.07 Å². The highest BCUT2D eigenvalue weighted by Crippen LogP contribution is 2.01. The SMILES string of the molecule is CC#N.CN1CCCC1. The van der Waals surface area contributed by atoms with E-state index in [-0.39, 0.29) is 0 Å². The maximum atomic E-state index is 7.32. The molecule has 0 aliphatic carbocycles. The molecule has 0 aromatic carbocycles. The number of rotatable bonds is 0. The standard InChI is InChI=1S/C5H11N.C2H3N/c1-6-4-2-3-5-6;1-2-3/h2-5H2,1H3;1H3. The van der Waals surface area contributed by atoms with Crippen LogP contribution in [0.25, 0.3) is 0 Å². The maximum absolute atomic E-state index is 7.32. The first-order valence-corrected chi connectivity index (χ1v) is 3.30. The number of nitriles is 1. The van der Waals surface area contributed by atoms with Crippen LogP contribution < -0.4 is 0 Å². The van der Waals surface area contributed by atoms with E-state index in [1.807, 2.05) is 0 Å². The van der Waals surface area contributed by atoms with Gasteiger partial charge in [-0.15, -0.1) is 0 Å². The number of hydrogen-bond acceptors (Lipinski definition) is 2. The van der Waals surface area contributed by atoms with Crippen LogP contribution in [0, 0.1) is 11.3 Å². The molecule has 0 spiro atoms. The average Bonchev–Trinajstić information content (AvgIpc) is 2.20. The number of hydrogen-bond donors (Lipinski definition) is 0. The van der Waals surface area contributed by atoms with Crippen molar-refractivity contribution in [3.63, 3.8) is 0 Å². The Morgan fingerprint density at radius 2 is 1.67 bits per heavy atom. The van der Waals surface area contributed by atoms with Crippen molar-refractivity contribution in [3.05, 3.63) is 0 Å². The van der Waals surface area contributed by atoms with Crippen molar-refractivity contribution >= 4 is 0 Å². The Morgan fingerprint density at radius 3 is 1.78 bits per heavy atom. The fourth-order valence-electron chi connectivity index (χ4n) is 0.875. The number of likely N-dealkylation sites (tertiary alicyclic amines) is 1. The molecule has 0 amide bonds. The molecule has 0 N–H and O–H groups in total. The lowest BCUT2D eigenvalue weighted by Gasteiger charge is -2.01. The Bertz CT molecular complexity index is 87.6. The molecule has 2 nitrogen and oxygen atoms in total. The predicted octanol–water partition coefficient (Wildman–Crippen LogP) is 1.24. The van der Waals surface area contributed by atoms with E-state index in [0.29, 0.717) is 0 Å². The molecule has 1 fully saturated rings. The lowest BCUT2D eigenvalue weighted by atomic mass is 10.4. The Kier molecular flexibility index (Phi) is 5.24. The second-order valence-corrected chi connectivity index (χ2v) is 2.23. The molecule has 2 heteroatoms. The Hall–Kier alpha value is -0.550. The quantitative estimate of drug-likeness (QED) is 0.488. The van der Waals surface area contributed by atoms with Crippen LogP contribution in [0.1, 0.15) is 19.8 Å². The van der Waals surface area contributed by atoms with Gasteiger partial charge in [-0.1, -0.05) is 0 Å². The van der Waals surface area contributed by atoms with Gasteiger partial charge >= 0.3 is 0 Å². The molecule has 0 aromatic rings. The van der Waals surface area contributed by atoms with E-state index in [9.17, 15) is 0 Å². The molecule has 0 atom stereocenters. The van der Waals surface area contributed by atoms with Crippen molar-refractivity contribution in [2.45, 2.75) is 19.8 Å². The molecule has 1 heterocycles. The summed E-state index contributed by atoms with van der Waals surface area (Å²) in [6.45, 7) is 4.07. The zero-order valence-corrected chi connectivity index (χ0v) is 6.22. The summed E-state index contributed by atoms with van der Waals surface area (Å²) in [6, 6.07) is 1.75. The van der Waals surface area contributed by atoms with Crippen molar-refractivity contribution in [2.24, 2.45) is 0 Å². The lowest BCUT2D eigenvalue weighted by Crippen LogP contribution is -2.10. The molecular formula is C7H14N2. The van der Waals surface area contributed by atoms with Gasteiger partial charge in [0, 0.05) is 6.92 Å². The lowest BCUT2D eigenvalue weighted by molar-refractivity contribution is 0.418. The molecule has 1 aliphatic rings. The van der Waals surface area contributed by atoms with Crippen LogP contribution in [0.3, 0.4) is 0 Å². The van der Waals surface area contributed by atoms with Crippen LogP contribution in [-0.4, -0.2) is 25.0 Å². The van der Waals surface area contributed by atoms with E-state index < -0.39 is 0 Å². The van der Waals surface area contributed by atoms with Crippen molar-refractivity contribution in [1.29, 1.82) is 5.26 Å². The highest BCUT2D eigenvalue weighted by atomic mass is 15.1. The smallest absolute Gasteiger partial charge is 0.0587 e. The fourth-order valence-corrected chi connectivity index (χ4v) is 0.875. The summed E-state index contributed by atoms with van der Waals surface area (Å²) < 4.78 is 0. The second-order valence-electron chi connectivity index (χ2n) is 2.23. The van der Waals surface area contributed by atoms with Crippen LogP contribution in [0.2, 0.25) is 0 Å². The van der Waals surface area contributed by atoms with E-state index in [2.05, 4.69) is 11.9 Å². The normalized spacial score (nSPS) is 17.9. The third-order valence-corrected chi connectivity index (χ3v) is 1.33. The first-order chi connectivity index (χ1) is 4.31. The van der Waals surface area contributed by atoms with E-state index in [1.165, 1.54) is 32.9 Å². The molecule has 9 heavy (non-hydrogen) atoms. The highest BCUT2D eigenvalue weighted by Gasteiger charge is 2.03. The van der Waals surface area contributed by atoms with E-state index in [1.54, 1.807) is 6.07 Å². The second kappa shape index (κ2) is 5.58. The third kappa shape index (κ3) is 5.32. The van der Waals surface area contributed by atoms with Crippen molar-refractivity contribution in [3.8, 4) is 6.07 Å². The molecule has 0 unspecified atom stereocenters. The van der Waals surface area contributed by atoms with E-state index >= 15 is 0 Å². The van der Waals surface area contributed by atoms with Gasteiger partial charge in [-0.3, -0.25) is 0 Å². The van der Waals surface area contributed by atoms with Gasteiger partial charge < -0.3 is 4.90 Å². The Balaban J connectivity index is 0.000000187. The van der Waals surface area contributed by atoms with Crippen LogP contribution in [0.4, 0.5) is 0 Å². The molecule has 0 saturated carbocycles. The minimum Gasteiger partial charge on any atom is -0.306 e. The van der Waals surface area contributed by atoms with E-state index in [0.717, 1.165) is 0 Å². The summed E-state index contributed by atoms with van der Waals surface area (Å²) in [5.41, 5.74) is 0. The number of nitrogens with zero attached hydrogens (tertiary/aromatic N) is 2. The third-order valence-electron chi connectivity index (χ3n) is 1.33. The molecule has 52 valence electrons. The summed E-state index contributed by atoms with van der Waals surface area (Å²) in [4.78, 5) is 2.36. The summed E-state index contributed by atoms with van der Waals surface area (Å²) >= 11 is 0. The van der Waals surface area contributed by atoms with Gasteiger partial charge in [-0.2, -0.15) is 5.26 Å². The van der Waals surface area contributed by atoms with Crippen molar-refractivity contribution < 1.29 is 0 Å². The highest BCUT2D eigenvalue weighted by molar-refractivity contribution is 4.59. The van der Waals surface area contributed by atoms with Crippen LogP contribution in [0.5, 0.6) is 0 Å². The maximum Gasteiger partial charge on any atom is 0.0587 e. The minimum atomic E-state index is 1.32. The van der Waals surface area contributed by atoms with Gasteiger partial charge in [-0.25, -0.2) is 0 Å². The molecule has 0 bridgehead atoms. The van der Waals surface area contributed by atoms with Gasteiger partial charge in [0.1, 0.15) is 0 Å². The Labute approximate surface area is 57.1 Å². The van der Waals surface area contributed by atoms with Gasteiger partial charge in [0.25, 0.3) is 0 Å². The monoisotopic (exact) mass is 126 g/mol. The first kappa shape index (κ1) is 8.45. The summed E-state index contributed by atoms with van der Waals surface area (Å²) in [5, 5.41) is 7.32. The zero-order valence-electron chi connectivity index (χ0n) is 6.22. The summed E-state index contributed by atoms with van der Waals surface area (Å²) in [6.07, 6.45) is 2.83. The largest absolute Gasteiger partial charge is 0.306 e. The zero-order chi connectivity index (χ0) is 7.11. The summed E-state index contributed by atoms with van der Waals surface area (Å²) in [7, 11) is 2.17. The van der Waals surface area contributed by atoms with Gasteiger partial charge in [0.2, 0.25) is 0 Å². The molecule has 0 radical (unpaired) electrons. The molecule has 0 aromatic heterocycles. The van der Waals surface area contributed by atoms with Crippen LogP contribution in [0.15, 0.2) is 0 Å². The average molecular weight is 126 g/mol. The van der Waals surface area contributed by atoms with Crippen LogP contribution in [-0.2, 0) is 0 Å². The van der Waals surface area contributed by atoms with Crippen molar-refractivity contribution in [2.75, 3.05) is 20.1 Å². The van der Waals surface area contributed by atoms with Gasteiger partial charge in [0.15, 0.2) is 0 Å². The molecule has 1 aliphatic heterocycles. The Morgan fingerprint density at radius 1 is 1.33 bits per heavy atom.